The van der Waals surface area contributed by atoms with Gasteiger partial charge in [-0.15, -0.1) is 0 Å². The predicted molar refractivity (Wildman–Crippen MR) is 68.9 cm³/mol. The molecule has 0 aliphatic carbocycles. The first-order valence-electron chi connectivity index (χ1n) is 5.87. The van der Waals surface area contributed by atoms with Gasteiger partial charge >= 0.3 is 0 Å². The van der Waals surface area contributed by atoms with Crippen LogP contribution in [-0.4, -0.2) is 24.1 Å². The maximum absolute atomic E-state index is 4.41. The molecular weight excluding hydrogens is 228 g/mol. The quantitative estimate of drug-likeness (QED) is 0.763. The van der Waals surface area contributed by atoms with Crippen molar-refractivity contribution < 1.29 is 0 Å². The van der Waals surface area contributed by atoms with E-state index in [4.69, 9.17) is 0 Å². The Bertz CT molecular complexity index is 681. The Balaban J connectivity index is 2.00. The normalized spacial score (nSPS) is 11.0. The molecule has 0 unspecified atom stereocenters. The summed E-state index contributed by atoms with van der Waals surface area (Å²) >= 11 is 0. The Morgan fingerprint density at radius 1 is 1.39 bits per heavy atom. The molecule has 3 aromatic heterocycles. The first-order chi connectivity index (χ1) is 8.76. The number of hydrogen-bond acceptors (Lipinski definition) is 4. The van der Waals surface area contributed by atoms with Crippen LogP contribution in [0.5, 0.6) is 0 Å². The van der Waals surface area contributed by atoms with Crippen LogP contribution in [0.3, 0.4) is 0 Å². The maximum atomic E-state index is 4.41. The number of nitrogens with one attached hydrogen (secondary N) is 1. The molecule has 92 valence electrons. The van der Waals surface area contributed by atoms with Crippen LogP contribution in [0.15, 0.2) is 30.9 Å². The molecule has 18 heavy (non-hydrogen) atoms. The van der Waals surface area contributed by atoms with Crippen molar-refractivity contribution in [2.24, 2.45) is 0 Å². The minimum absolute atomic E-state index is 0.719. The number of aromatic nitrogens is 5. The van der Waals surface area contributed by atoms with Crippen LogP contribution in [0.25, 0.3) is 5.52 Å². The van der Waals surface area contributed by atoms with Crippen LogP contribution in [0.2, 0.25) is 0 Å². The zero-order chi connectivity index (χ0) is 12.5. The lowest BCUT2D eigenvalue weighted by molar-refractivity contribution is 0.762. The fourth-order valence-corrected chi connectivity index (χ4v) is 1.86. The number of imidazole rings is 1. The van der Waals surface area contributed by atoms with Gasteiger partial charge in [0, 0.05) is 18.9 Å². The van der Waals surface area contributed by atoms with Gasteiger partial charge < -0.3 is 9.88 Å². The van der Waals surface area contributed by atoms with Gasteiger partial charge in [-0.25, -0.2) is 14.5 Å². The van der Waals surface area contributed by atoms with Crippen molar-refractivity contribution in [1.82, 2.24) is 24.1 Å². The van der Waals surface area contributed by atoms with Crippen LogP contribution >= 0.6 is 0 Å². The molecule has 0 aromatic carbocycles. The molecule has 0 spiro atoms. The number of hydrogen-bond donors (Lipinski definition) is 1. The number of fused-ring (bicyclic) bond motifs is 1. The molecular formula is C12H14N6. The third-order valence-electron chi connectivity index (χ3n) is 2.74. The van der Waals surface area contributed by atoms with Crippen LogP contribution in [-0.2, 0) is 6.54 Å². The molecule has 3 rings (SSSR count). The van der Waals surface area contributed by atoms with Crippen molar-refractivity contribution in [3.8, 4) is 0 Å². The summed E-state index contributed by atoms with van der Waals surface area (Å²) in [5.74, 6) is 2.28. The standard InChI is InChI=1S/C12H14N6/c1-3-17-7-11(13-8-17)15-12-10-5-4-6-18(10)16-9(2)14-12/h4-8H,3H2,1-2H3,(H,14,15,16). The Hall–Kier alpha value is -2.37. The lowest BCUT2D eigenvalue weighted by Gasteiger charge is -2.05. The molecule has 6 heteroatoms. The van der Waals surface area contributed by atoms with Crippen LogP contribution in [0, 0.1) is 6.92 Å². The van der Waals surface area contributed by atoms with E-state index in [9.17, 15) is 0 Å². The highest BCUT2D eigenvalue weighted by atomic mass is 15.3. The van der Waals surface area contributed by atoms with Crippen LogP contribution in [0.4, 0.5) is 11.6 Å². The first-order valence-corrected chi connectivity index (χ1v) is 5.87. The fraction of sp³-hybridized carbons (Fsp3) is 0.250. The van der Waals surface area contributed by atoms with Gasteiger partial charge in [-0.05, 0) is 26.0 Å². The third kappa shape index (κ3) is 1.81. The van der Waals surface area contributed by atoms with E-state index in [1.807, 2.05) is 40.5 Å². The smallest absolute Gasteiger partial charge is 0.159 e. The van der Waals surface area contributed by atoms with E-state index in [-0.39, 0.29) is 0 Å². The average Bonchev–Trinajstić information content (AvgIpc) is 2.97. The fourth-order valence-electron chi connectivity index (χ4n) is 1.86. The number of aryl methyl sites for hydroxylation is 2. The summed E-state index contributed by atoms with van der Waals surface area (Å²) in [7, 11) is 0. The molecule has 0 saturated carbocycles. The van der Waals surface area contributed by atoms with E-state index in [1.165, 1.54) is 0 Å². The summed E-state index contributed by atoms with van der Waals surface area (Å²) in [6.45, 7) is 4.85. The van der Waals surface area contributed by atoms with Gasteiger partial charge in [0.05, 0.1) is 6.33 Å². The first kappa shape index (κ1) is 10.8. The summed E-state index contributed by atoms with van der Waals surface area (Å²) in [6, 6.07) is 3.91. The molecule has 3 heterocycles. The summed E-state index contributed by atoms with van der Waals surface area (Å²) in [6.07, 6.45) is 5.66. The third-order valence-corrected chi connectivity index (χ3v) is 2.74. The van der Waals surface area contributed by atoms with Gasteiger partial charge in [-0.3, -0.25) is 0 Å². The van der Waals surface area contributed by atoms with Crippen molar-refractivity contribution in [2.45, 2.75) is 20.4 Å². The van der Waals surface area contributed by atoms with Crippen LogP contribution < -0.4 is 5.32 Å². The van der Waals surface area contributed by atoms with E-state index in [0.717, 1.165) is 29.5 Å². The minimum Gasteiger partial charge on any atom is -0.336 e. The van der Waals surface area contributed by atoms with Crippen molar-refractivity contribution in [1.29, 1.82) is 0 Å². The lowest BCUT2D eigenvalue weighted by Crippen LogP contribution is -2.03. The highest BCUT2D eigenvalue weighted by molar-refractivity contribution is 5.71. The van der Waals surface area contributed by atoms with Crippen molar-refractivity contribution >= 4 is 17.2 Å². The molecule has 1 N–H and O–H groups in total. The Kier molecular flexibility index (Phi) is 2.47. The zero-order valence-electron chi connectivity index (χ0n) is 10.3. The molecule has 0 fully saturated rings. The minimum atomic E-state index is 0.719. The molecule has 3 aromatic rings. The van der Waals surface area contributed by atoms with E-state index >= 15 is 0 Å². The molecule has 0 bridgehead atoms. The number of rotatable bonds is 3. The second-order valence-corrected chi connectivity index (χ2v) is 4.06. The topological polar surface area (TPSA) is 60.0 Å². The number of anilines is 2. The SMILES string of the molecule is CCn1cnc(Nc2nc(C)nn3cccc23)c1. The van der Waals surface area contributed by atoms with Gasteiger partial charge in [0.1, 0.15) is 17.2 Å². The molecule has 6 nitrogen and oxygen atoms in total. The zero-order valence-corrected chi connectivity index (χ0v) is 10.3. The molecule has 0 aliphatic rings. The Morgan fingerprint density at radius 2 is 2.28 bits per heavy atom. The maximum Gasteiger partial charge on any atom is 0.159 e. The monoisotopic (exact) mass is 242 g/mol. The van der Waals surface area contributed by atoms with Gasteiger partial charge in [-0.2, -0.15) is 5.10 Å². The van der Waals surface area contributed by atoms with E-state index in [0.29, 0.717) is 0 Å². The highest BCUT2D eigenvalue weighted by Crippen LogP contribution is 2.18. The lowest BCUT2D eigenvalue weighted by atomic mass is 10.4. The van der Waals surface area contributed by atoms with E-state index < -0.39 is 0 Å². The van der Waals surface area contributed by atoms with Gasteiger partial charge in [0.25, 0.3) is 0 Å². The molecule has 0 atom stereocenters. The van der Waals surface area contributed by atoms with Crippen molar-refractivity contribution in [2.75, 3.05) is 5.32 Å². The summed E-state index contributed by atoms with van der Waals surface area (Å²) < 4.78 is 3.81. The average molecular weight is 242 g/mol. The highest BCUT2D eigenvalue weighted by Gasteiger charge is 2.07. The Labute approximate surface area is 104 Å². The molecule has 0 amide bonds. The summed E-state index contributed by atoms with van der Waals surface area (Å²) in [4.78, 5) is 8.70. The summed E-state index contributed by atoms with van der Waals surface area (Å²) in [5, 5.41) is 7.52. The van der Waals surface area contributed by atoms with Crippen molar-refractivity contribution in [3.05, 3.63) is 36.7 Å². The second kappa shape index (κ2) is 4.14. The molecule has 0 saturated heterocycles. The molecule has 0 radical (unpaired) electrons. The largest absolute Gasteiger partial charge is 0.336 e. The summed E-state index contributed by atoms with van der Waals surface area (Å²) in [5.41, 5.74) is 0.937. The van der Waals surface area contributed by atoms with E-state index in [1.54, 1.807) is 6.33 Å². The van der Waals surface area contributed by atoms with Crippen LogP contribution in [0.1, 0.15) is 12.7 Å². The number of nitrogens with zero attached hydrogens (tertiary/aromatic N) is 5. The second-order valence-electron chi connectivity index (χ2n) is 4.06. The predicted octanol–water partition coefficient (Wildman–Crippen LogP) is 2.00. The van der Waals surface area contributed by atoms with Crippen molar-refractivity contribution in [3.63, 3.8) is 0 Å². The van der Waals surface area contributed by atoms with Gasteiger partial charge in [-0.1, -0.05) is 0 Å². The molecule has 0 aliphatic heterocycles. The van der Waals surface area contributed by atoms with Gasteiger partial charge in [0.2, 0.25) is 0 Å². The van der Waals surface area contributed by atoms with Gasteiger partial charge in [0.15, 0.2) is 5.82 Å². The Morgan fingerprint density at radius 3 is 3.06 bits per heavy atom. The van der Waals surface area contributed by atoms with E-state index in [2.05, 4.69) is 27.3 Å².